The van der Waals surface area contributed by atoms with Crippen molar-refractivity contribution in [2.24, 2.45) is 0 Å². The highest BCUT2D eigenvalue weighted by Crippen LogP contribution is 2.43. The average Bonchev–Trinajstić information content (AvgIpc) is 3.32. The van der Waals surface area contributed by atoms with Crippen LogP contribution in [0, 0.1) is 0 Å². The summed E-state index contributed by atoms with van der Waals surface area (Å²) >= 11 is 0. The summed E-state index contributed by atoms with van der Waals surface area (Å²) in [5.41, 5.74) is 0. The van der Waals surface area contributed by atoms with Crippen molar-refractivity contribution < 1.29 is 52.2 Å². The zero-order chi connectivity index (χ0) is 49.9. The lowest BCUT2D eigenvalue weighted by molar-refractivity contribution is -0.161. The maximum absolute atomic E-state index is 12.9. The van der Waals surface area contributed by atoms with Gasteiger partial charge in [0.05, 0.1) is 19.8 Å². The number of allylic oxidation sites excluding steroid dienone is 6. The van der Waals surface area contributed by atoms with E-state index in [1.807, 2.05) is 0 Å². The summed E-state index contributed by atoms with van der Waals surface area (Å²) in [5.74, 6) is -1.46. The van der Waals surface area contributed by atoms with E-state index >= 15 is 0 Å². The number of rotatable bonds is 52. The lowest BCUT2D eigenvalue weighted by Gasteiger charge is -2.21. The third kappa shape index (κ3) is 48.7. The molecular formula is C56H103O11P. The van der Waals surface area contributed by atoms with Gasteiger partial charge in [0.1, 0.15) is 12.7 Å². The van der Waals surface area contributed by atoms with Crippen LogP contribution in [0.4, 0.5) is 0 Å². The van der Waals surface area contributed by atoms with Gasteiger partial charge in [-0.15, -0.1) is 0 Å². The minimum absolute atomic E-state index is 0.171. The Morgan fingerprint density at radius 2 is 0.765 bits per heavy atom. The van der Waals surface area contributed by atoms with E-state index in [0.717, 1.165) is 89.9 Å². The van der Waals surface area contributed by atoms with E-state index in [1.54, 1.807) is 0 Å². The molecule has 3 atom stereocenters. The highest BCUT2D eigenvalue weighted by atomic mass is 31.2. The summed E-state index contributed by atoms with van der Waals surface area (Å²) in [6.45, 7) is 4.53. The molecule has 0 spiro atoms. The van der Waals surface area contributed by atoms with Crippen LogP contribution in [-0.4, -0.2) is 66.5 Å². The van der Waals surface area contributed by atoms with Gasteiger partial charge in [-0.25, -0.2) is 4.57 Å². The number of carbonyl (C=O) groups excluding carboxylic acids is 3. The molecule has 0 aromatic heterocycles. The highest BCUT2D eigenvalue weighted by molar-refractivity contribution is 7.47. The fraction of sp³-hybridized carbons (Fsp3) is 0.839. The molecule has 0 aromatic rings. The SMILES string of the molecule is CC/C=C\C/C=C\C/C=C\CCCCCCCCCC(=O)OCC(COP(=O)(O)OCC(CO)OC(=O)CCCCCCCCCCC)OC(=O)CCCCCCCCCCCCCCCCC. The Labute approximate surface area is 416 Å². The first kappa shape index (κ1) is 65.7. The van der Waals surface area contributed by atoms with Gasteiger partial charge in [-0.3, -0.25) is 23.4 Å². The predicted molar refractivity (Wildman–Crippen MR) is 279 cm³/mol. The Morgan fingerprint density at radius 1 is 0.426 bits per heavy atom. The van der Waals surface area contributed by atoms with Gasteiger partial charge in [0.25, 0.3) is 0 Å². The van der Waals surface area contributed by atoms with Crippen molar-refractivity contribution in [2.45, 2.75) is 277 Å². The Morgan fingerprint density at radius 3 is 1.18 bits per heavy atom. The molecule has 0 rings (SSSR count). The maximum Gasteiger partial charge on any atom is 0.472 e. The van der Waals surface area contributed by atoms with E-state index in [9.17, 15) is 28.9 Å². The lowest BCUT2D eigenvalue weighted by Crippen LogP contribution is -2.30. The minimum atomic E-state index is -4.74. The van der Waals surface area contributed by atoms with Gasteiger partial charge in [-0.1, -0.05) is 231 Å². The number of unbranched alkanes of at least 4 members (excludes halogenated alkanes) is 29. The van der Waals surface area contributed by atoms with Crippen molar-refractivity contribution in [1.29, 1.82) is 0 Å². The molecule has 11 nitrogen and oxygen atoms in total. The molecule has 0 amide bonds. The van der Waals surface area contributed by atoms with Crippen LogP contribution >= 0.6 is 7.82 Å². The molecule has 0 bridgehead atoms. The summed E-state index contributed by atoms with van der Waals surface area (Å²) in [6.07, 6.45) is 51.1. The number of ether oxygens (including phenoxy) is 3. The summed E-state index contributed by atoms with van der Waals surface area (Å²) in [7, 11) is -4.74. The van der Waals surface area contributed by atoms with Gasteiger partial charge >= 0.3 is 25.7 Å². The average molecular weight is 983 g/mol. The van der Waals surface area contributed by atoms with Crippen LogP contribution in [0.5, 0.6) is 0 Å². The molecule has 0 heterocycles. The van der Waals surface area contributed by atoms with E-state index in [0.29, 0.717) is 19.3 Å². The van der Waals surface area contributed by atoms with Crippen molar-refractivity contribution in [3.8, 4) is 0 Å². The van der Waals surface area contributed by atoms with Crippen LogP contribution in [0.3, 0.4) is 0 Å². The van der Waals surface area contributed by atoms with Crippen LogP contribution in [0.15, 0.2) is 36.5 Å². The van der Waals surface area contributed by atoms with E-state index in [-0.39, 0.29) is 25.9 Å². The number of hydrogen-bond acceptors (Lipinski definition) is 10. The zero-order valence-corrected chi connectivity index (χ0v) is 44.7. The standard InChI is InChI=1S/C56H103O11P/c1-4-7-10-13-16-19-21-23-25-26-28-29-31-34-36-39-42-45-54(58)63-49-53(67-56(60)47-44-41-38-35-32-30-27-24-22-20-17-14-11-8-5-2)51-65-68(61,62)64-50-52(48-57)66-55(59)46-43-40-37-33-18-15-12-9-6-3/h7,10,16,19,23,25,52-53,57H,4-6,8-9,11-15,17-18,20-22,24,26-51H2,1-3H3,(H,61,62)/b10-7-,19-16-,25-23-. The molecule has 0 aromatic carbocycles. The van der Waals surface area contributed by atoms with E-state index < -0.39 is 57.8 Å². The second kappa shape index (κ2) is 51.1. The molecular weight excluding hydrogens is 880 g/mol. The first-order chi connectivity index (χ1) is 33.2. The molecule has 0 aliphatic rings. The summed E-state index contributed by atoms with van der Waals surface area (Å²) < 4.78 is 39.4. The molecule has 0 saturated heterocycles. The van der Waals surface area contributed by atoms with Crippen molar-refractivity contribution in [3.05, 3.63) is 36.5 Å². The van der Waals surface area contributed by atoms with Crippen LogP contribution in [0.2, 0.25) is 0 Å². The monoisotopic (exact) mass is 983 g/mol. The highest BCUT2D eigenvalue weighted by Gasteiger charge is 2.28. The number of phosphoric acid groups is 1. The largest absolute Gasteiger partial charge is 0.472 e. The molecule has 0 aliphatic heterocycles. The van der Waals surface area contributed by atoms with Crippen LogP contribution in [-0.2, 0) is 42.2 Å². The number of esters is 3. The fourth-order valence-corrected chi connectivity index (χ4v) is 8.63. The van der Waals surface area contributed by atoms with Crippen molar-refractivity contribution >= 4 is 25.7 Å². The van der Waals surface area contributed by atoms with Crippen LogP contribution in [0.1, 0.15) is 265 Å². The van der Waals surface area contributed by atoms with Gasteiger partial charge in [0.2, 0.25) is 0 Å². The quantitative estimate of drug-likeness (QED) is 0.0197. The van der Waals surface area contributed by atoms with Gasteiger partial charge in [-0.2, -0.15) is 0 Å². The smallest absolute Gasteiger partial charge is 0.462 e. The van der Waals surface area contributed by atoms with E-state index in [4.69, 9.17) is 23.3 Å². The van der Waals surface area contributed by atoms with Crippen LogP contribution in [0.25, 0.3) is 0 Å². The van der Waals surface area contributed by atoms with Crippen molar-refractivity contribution in [2.75, 3.05) is 26.4 Å². The van der Waals surface area contributed by atoms with Gasteiger partial charge in [0.15, 0.2) is 6.10 Å². The third-order valence-electron chi connectivity index (χ3n) is 12.1. The Balaban J connectivity index is 4.71. The maximum atomic E-state index is 12.9. The van der Waals surface area contributed by atoms with E-state index in [1.165, 1.54) is 116 Å². The Hall–Kier alpha value is -2.30. The van der Waals surface area contributed by atoms with Gasteiger partial charge < -0.3 is 24.2 Å². The lowest BCUT2D eigenvalue weighted by atomic mass is 10.0. The van der Waals surface area contributed by atoms with Crippen molar-refractivity contribution in [3.63, 3.8) is 0 Å². The minimum Gasteiger partial charge on any atom is -0.462 e. The molecule has 398 valence electrons. The zero-order valence-electron chi connectivity index (χ0n) is 43.8. The molecule has 12 heteroatoms. The second-order valence-electron chi connectivity index (χ2n) is 18.7. The number of phosphoric ester groups is 1. The topological polar surface area (TPSA) is 155 Å². The molecule has 0 saturated carbocycles. The normalized spacial score (nSPS) is 13.7. The number of hydrogen-bond donors (Lipinski definition) is 2. The predicted octanol–water partition coefficient (Wildman–Crippen LogP) is 16.0. The molecule has 2 N–H and O–H groups in total. The van der Waals surface area contributed by atoms with Crippen LogP contribution < -0.4 is 0 Å². The summed E-state index contributed by atoms with van der Waals surface area (Å²) in [4.78, 5) is 48.4. The summed E-state index contributed by atoms with van der Waals surface area (Å²) in [5, 5.41) is 9.76. The second-order valence-corrected chi connectivity index (χ2v) is 20.2. The van der Waals surface area contributed by atoms with Crippen molar-refractivity contribution in [1.82, 2.24) is 0 Å². The van der Waals surface area contributed by atoms with Gasteiger partial charge in [-0.05, 0) is 51.4 Å². The number of aliphatic hydroxyl groups is 1. The Bertz CT molecular complexity index is 1280. The first-order valence-corrected chi connectivity index (χ1v) is 29.4. The Kier molecular flexibility index (Phi) is 49.3. The molecule has 3 unspecified atom stereocenters. The molecule has 68 heavy (non-hydrogen) atoms. The number of carbonyl (C=O) groups is 3. The summed E-state index contributed by atoms with van der Waals surface area (Å²) in [6, 6.07) is 0. The third-order valence-corrected chi connectivity index (χ3v) is 13.0. The first-order valence-electron chi connectivity index (χ1n) is 27.9. The van der Waals surface area contributed by atoms with Gasteiger partial charge in [0, 0.05) is 19.3 Å². The fourth-order valence-electron chi connectivity index (χ4n) is 7.84. The molecule has 0 fully saturated rings. The number of aliphatic hydroxyl groups excluding tert-OH is 1. The molecule has 0 aliphatic carbocycles. The van der Waals surface area contributed by atoms with E-state index in [2.05, 4.69) is 57.2 Å². The molecule has 0 radical (unpaired) electrons.